The van der Waals surface area contributed by atoms with Crippen LogP contribution in [-0.4, -0.2) is 49.5 Å². The molecule has 6 heteroatoms. The first kappa shape index (κ1) is 29.4. The molecule has 1 fully saturated rings. The summed E-state index contributed by atoms with van der Waals surface area (Å²) >= 11 is 0. The number of rotatable bonds is 15. The molecule has 0 aromatic heterocycles. The molecule has 3 aromatic carbocycles. The molecule has 0 bridgehead atoms. The molecule has 0 amide bonds. The third-order valence-corrected chi connectivity index (χ3v) is 7.29. The Labute approximate surface area is 234 Å². The predicted octanol–water partition coefficient (Wildman–Crippen LogP) is 4.82. The summed E-state index contributed by atoms with van der Waals surface area (Å²) in [6.45, 7) is 7.52. The summed E-state index contributed by atoms with van der Waals surface area (Å²) in [6, 6.07) is 30.3. The van der Waals surface area contributed by atoms with Crippen LogP contribution >= 0.6 is 0 Å². The van der Waals surface area contributed by atoms with Gasteiger partial charge in [0, 0.05) is 0 Å². The van der Waals surface area contributed by atoms with Crippen LogP contribution in [0.1, 0.15) is 43.4 Å². The molecule has 1 aliphatic rings. The van der Waals surface area contributed by atoms with Gasteiger partial charge in [0.1, 0.15) is 0 Å². The highest BCUT2D eigenvalue weighted by Gasteiger charge is 2.51. The van der Waals surface area contributed by atoms with Gasteiger partial charge in [-0.15, -0.1) is 0 Å². The normalized spacial score (nSPS) is 25.0. The van der Waals surface area contributed by atoms with Crippen molar-refractivity contribution in [2.24, 2.45) is 5.73 Å². The lowest BCUT2D eigenvalue weighted by Gasteiger charge is -2.50. The molecule has 1 aliphatic carbocycles. The van der Waals surface area contributed by atoms with Crippen molar-refractivity contribution in [3.05, 3.63) is 108 Å². The molecule has 1 saturated carbocycles. The molecule has 39 heavy (non-hydrogen) atoms. The van der Waals surface area contributed by atoms with E-state index in [2.05, 4.69) is 60.9 Å². The Morgan fingerprint density at radius 1 is 0.538 bits per heavy atom. The van der Waals surface area contributed by atoms with E-state index in [1.807, 2.05) is 54.6 Å². The topological polar surface area (TPSA) is 77.8 Å². The predicted molar refractivity (Wildman–Crippen MR) is 157 cm³/mol. The van der Waals surface area contributed by atoms with Gasteiger partial charge in [0.25, 0.3) is 0 Å². The summed E-state index contributed by atoms with van der Waals surface area (Å²) in [4.78, 5) is 0. The lowest BCUT2D eigenvalue weighted by Crippen LogP contribution is -2.74. The highest BCUT2D eigenvalue weighted by Crippen LogP contribution is 2.29. The molecule has 210 valence electrons. The quantitative estimate of drug-likeness (QED) is 0.261. The van der Waals surface area contributed by atoms with Gasteiger partial charge in [-0.3, -0.25) is 0 Å². The molecule has 0 aliphatic heterocycles. The molecular formula is C33H45N3O3. The minimum atomic E-state index is -0.349. The fourth-order valence-corrected chi connectivity index (χ4v) is 5.29. The van der Waals surface area contributed by atoms with Gasteiger partial charge in [-0.2, -0.15) is 0 Å². The molecule has 0 spiro atoms. The zero-order chi connectivity index (χ0) is 27.3. The Balaban J connectivity index is 1.63. The molecule has 0 radical (unpaired) electrons. The van der Waals surface area contributed by atoms with Crippen molar-refractivity contribution < 1.29 is 14.2 Å². The molecular weight excluding hydrogens is 486 g/mol. The van der Waals surface area contributed by atoms with Crippen LogP contribution in [0.2, 0.25) is 0 Å². The summed E-state index contributed by atoms with van der Waals surface area (Å²) in [7, 11) is 0. The van der Waals surface area contributed by atoms with E-state index >= 15 is 0 Å². The van der Waals surface area contributed by atoms with Crippen LogP contribution in [0.15, 0.2) is 91.0 Å². The van der Waals surface area contributed by atoms with E-state index in [9.17, 15) is 0 Å². The van der Waals surface area contributed by atoms with Crippen molar-refractivity contribution in [2.75, 3.05) is 13.1 Å². The van der Waals surface area contributed by atoms with Crippen LogP contribution in [-0.2, 0) is 34.0 Å². The Morgan fingerprint density at radius 3 is 1.21 bits per heavy atom. The summed E-state index contributed by atoms with van der Waals surface area (Å²) in [5, 5.41) is 7.50. The number of benzene rings is 3. The number of hydrogen-bond donors (Lipinski definition) is 3. The summed E-state index contributed by atoms with van der Waals surface area (Å²) < 4.78 is 20.0. The van der Waals surface area contributed by atoms with Gasteiger partial charge in [0.05, 0.1) is 56.3 Å². The molecule has 4 N–H and O–H groups in total. The van der Waals surface area contributed by atoms with Crippen LogP contribution in [0, 0.1) is 0 Å². The Morgan fingerprint density at radius 2 is 0.872 bits per heavy atom. The van der Waals surface area contributed by atoms with Crippen LogP contribution in [0.3, 0.4) is 0 Å². The van der Waals surface area contributed by atoms with E-state index in [0.717, 1.165) is 42.6 Å². The monoisotopic (exact) mass is 531 g/mol. The summed E-state index contributed by atoms with van der Waals surface area (Å²) in [5.41, 5.74) is 10.4. The average Bonchev–Trinajstić information content (AvgIpc) is 2.99. The van der Waals surface area contributed by atoms with E-state index in [4.69, 9.17) is 19.9 Å². The second-order valence-corrected chi connectivity index (χ2v) is 10.3. The van der Waals surface area contributed by atoms with Crippen molar-refractivity contribution in [1.29, 1.82) is 0 Å². The zero-order valence-electron chi connectivity index (χ0n) is 23.4. The molecule has 4 atom stereocenters. The van der Waals surface area contributed by atoms with E-state index < -0.39 is 0 Å². The van der Waals surface area contributed by atoms with Gasteiger partial charge < -0.3 is 30.6 Å². The lowest BCUT2D eigenvalue weighted by atomic mass is 9.79. The highest BCUT2D eigenvalue weighted by atomic mass is 16.5. The van der Waals surface area contributed by atoms with Gasteiger partial charge in [0.15, 0.2) is 0 Å². The molecule has 6 nitrogen and oxygen atoms in total. The Hall–Kier alpha value is -2.58. The van der Waals surface area contributed by atoms with E-state index in [0.29, 0.717) is 19.8 Å². The summed E-state index contributed by atoms with van der Waals surface area (Å²) in [6.07, 6.45) is 1.22. The van der Waals surface area contributed by atoms with E-state index in [-0.39, 0.29) is 36.4 Å². The maximum Gasteiger partial charge on any atom is 0.0937 e. The molecule has 3 aromatic rings. The molecule has 4 unspecified atom stereocenters. The largest absolute Gasteiger partial charge is 0.370 e. The average molecular weight is 532 g/mol. The van der Waals surface area contributed by atoms with Crippen molar-refractivity contribution in [3.63, 3.8) is 0 Å². The Bertz CT molecular complexity index is 990. The van der Waals surface area contributed by atoms with Crippen LogP contribution < -0.4 is 16.4 Å². The van der Waals surface area contributed by atoms with Crippen molar-refractivity contribution in [1.82, 2.24) is 10.6 Å². The number of hydrogen-bond acceptors (Lipinski definition) is 6. The zero-order valence-corrected chi connectivity index (χ0v) is 23.4. The number of ether oxygens (including phenoxy) is 3. The number of nitrogens with two attached hydrogens (primary N) is 1. The molecule has 0 saturated heterocycles. The molecule has 0 heterocycles. The first-order chi connectivity index (χ1) is 19.2. The van der Waals surface area contributed by atoms with E-state index in [1.54, 1.807) is 0 Å². The minimum Gasteiger partial charge on any atom is -0.370 e. The van der Waals surface area contributed by atoms with E-state index in [1.165, 1.54) is 0 Å². The first-order valence-corrected chi connectivity index (χ1v) is 14.4. The minimum absolute atomic E-state index is 0.0988. The third-order valence-electron chi connectivity index (χ3n) is 7.29. The van der Waals surface area contributed by atoms with Crippen molar-refractivity contribution >= 4 is 0 Å². The lowest BCUT2D eigenvalue weighted by molar-refractivity contribution is -0.157. The first-order valence-electron chi connectivity index (χ1n) is 14.4. The second-order valence-electron chi connectivity index (χ2n) is 10.3. The van der Waals surface area contributed by atoms with Crippen molar-refractivity contribution in [2.45, 2.75) is 82.9 Å². The highest BCUT2D eigenvalue weighted by molar-refractivity contribution is 5.17. The van der Waals surface area contributed by atoms with Gasteiger partial charge in [-0.25, -0.2) is 0 Å². The van der Waals surface area contributed by atoms with Gasteiger partial charge in [-0.05, 0) is 42.6 Å². The second kappa shape index (κ2) is 15.9. The third kappa shape index (κ3) is 8.45. The van der Waals surface area contributed by atoms with Crippen LogP contribution in [0.5, 0.6) is 0 Å². The van der Waals surface area contributed by atoms with Gasteiger partial charge >= 0.3 is 0 Å². The smallest absolute Gasteiger partial charge is 0.0937 e. The van der Waals surface area contributed by atoms with Crippen LogP contribution in [0.25, 0.3) is 0 Å². The summed E-state index contributed by atoms with van der Waals surface area (Å²) in [5.74, 6) is 0. The van der Waals surface area contributed by atoms with Gasteiger partial charge in [-0.1, -0.05) is 105 Å². The fourth-order valence-electron chi connectivity index (χ4n) is 5.29. The number of nitrogens with one attached hydrogen (secondary N) is 2. The standard InChI is InChI=1S/C33H45N3O3/c1-3-20-35-29-31(37-22-25-14-8-5-9-15-25)28(34)32(38-23-26-16-10-6-11-17-26)30(36-21-4-2)33(29)39-24-27-18-12-7-13-19-27/h5-19,28-33,35-36H,3-4,20-24,34H2,1-2H3. The maximum atomic E-state index is 7.06. The Kier molecular flexibility index (Phi) is 12.0. The SMILES string of the molecule is CCCNC1C(OCc2ccccc2)C(N)C(OCc2ccccc2)C(NCCC)C1OCc1ccccc1. The van der Waals surface area contributed by atoms with Gasteiger partial charge in [0.2, 0.25) is 0 Å². The van der Waals surface area contributed by atoms with Crippen LogP contribution in [0.4, 0.5) is 0 Å². The van der Waals surface area contributed by atoms with Crippen molar-refractivity contribution in [3.8, 4) is 0 Å². The molecule has 4 rings (SSSR count). The fraction of sp³-hybridized carbons (Fsp3) is 0.455. The maximum absolute atomic E-state index is 7.06.